The molecule has 2 rings (SSSR count). The molecule has 0 aromatic heterocycles. The minimum Gasteiger partial charge on any atom is -0.0617 e. The van der Waals surface area contributed by atoms with E-state index in [0.29, 0.717) is 0 Å². The lowest BCUT2D eigenvalue weighted by molar-refractivity contribution is 1.12. The van der Waals surface area contributed by atoms with Crippen molar-refractivity contribution < 1.29 is 0 Å². The van der Waals surface area contributed by atoms with Gasteiger partial charge in [-0.2, -0.15) is 0 Å². The summed E-state index contributed by atoms with van der Waals surface area (Å²) in [5.41, 5.74) is 8.40. The fourth-order valence-corrected chi connectivity index (χ4v) is 2.14. The van der Waals surface area contributed by atoms with Gasteiger partial charge in [0.25, 0.3) is 0 Å². The SMILES string of the molecule is Cc1ccc(Cc2cccc(C)c2C)cc1C. The molecule has 88 valence electrons. The summed E-state index contributed by atoms with van der Waals surface area (Å²) in [5, 5.41) is 0. The quantitative estimate of drug-likeness (QED) is 0.704. The van der Waals surface area contributed by atoms with E-state index in [2.05, 4.69) is 64.1 Å². The molecular weight excluding hydrogens is 204 g/mol. The summed E-state index contributed by atoms with van der Waals surface area (Å²) >= 11 is 0. The lowest BCUT2D eigenvalue weighted by Crippen LogP contribution is -1.95. The van der Waals surface area contributed by atoms with E-state index in [-0.39, 0.29) is 0 Å². The Kier molecular flexibility index (Phi) is 3.33. The Labute approximate surface area is 104 Å². The van der Waals surface area contributed by atoms with Crippen molar-refractivity contribution in [3.8, 4) is 0 Å². The van der Waals surface area contributed by atoms with Crippen LogP contribution < -0.4 is 0 Å². The molecule has 0 spiro atoms. The van der Waals surface area contributed by atoms with Gasteiger partial charge in [-0.1, -0.05) is 36.4 Å². The average molecular weight is 224 g/mol. The lowest BCUT2D eigenvalue weighted by Gasteiger charge is -2.10. The highest BCUT2D eigenvalue weighted by atomic mass is 14.1. The molecule has 0 aliphatic heterocycles. The number of aryl methyl sites for hydroxylation is 3. The Morgan fingerprint density at radius 3 is 2.24 bits per heavy atom. The van der Waals surface area contributed by atoms with Gasteiger partial charge in [0.15, 0.2) is 0 Å². The average Bonchev–Trinajstić information content (AvgIpc) is 2.30. The topological polar surface area (TPSA) is 0 Å². The summed E-state index contributed by atoms with van der Waals surface area (Å²) < 4.78 is 0. The van der Waals surface area contributed by atoms with Crippen LogP contribution in [0.2, 0.25) is 0 Å². The van der Waals surface area contributed by atoms with Gasteiger partial charge in [-0.15, -0.1) is 0 Å². The maximum absolute atomic E-state index is 2.30. The number of hydrogen-bond acceptors (Lipinski definition) is 0. The molecule has 0 bridgehead atoms. The molecule has 0 heterocycles. The zero-order chi connectivity index (χ0) is 12.4. The van der Waals surface area contributed by atoms with Crippen LogP contribution >= 0.6 is 0 Å². The van der Waals surface area contributed by atoms with Gasteiger partial charge in [-0.25, -0.2) is 0 Å². The van der Waals surface area contributed by atoms with Crippen LogP contribution in [0.5, 0.6) is 0 Å². The van der Waals surface area contributed by atoms with E-state index >= 15 is 0 Å². The molecule has 0 unspecified atom stereocenters. The molecule has 0 radical (unpaired) electrons. The predicted octanol–water partition coefficient (Wildman–Crippen LogP) is 4.51. The van der Waals surface area contributed by atoms with E-state index in [9.17, 15) is 0 Å². The van der Waals surface area contributed by atoms with E-state index in [1.165, 1.54) is 33.4 Å². The van der Waals surface area contributed by atoms with Crippen LogP contribution in [-0.2, 0) is 6.42 Å². The molecule has 0 atom stereocenters. The number of hydrogen-bond donors (Lipinski definition) is 0. The Hall–Kier alpha value is -1.56. The Morgan fingerprint density at radius 2 is 1.53 bits per heavy atom. The van der Waals surface area contributed by atoms with Gasteiger partial charge in [0.05, 0.1) is 0 Å². The summed E-state index contributed by atoms with van der Waals surface area (Å²) in [6.45, 7) is 8.74. The smallest absolute Gasteiger partial charge is 0.00229 e. The molecule has 2 aromatic rings. The summed E-state index contributed by atoms with van der Waals surface area (Å²) in [7, 11) is 0. The van der Waals surface area contributed by atoms with Crippen molar-refractivity contribution in [1.82, 2.24) is 0 Å². The van der Waals surface area contributed by atoms with Crippen LogP contribution in [0.25, 0.3) is 0 Å². The van der Waals surface area contributed by atoms with Gasteiger partial charge in [0.2, 0.25) is 0 Å². The van der Waals surface area contributed by atoms with E-state index in [4.69, 9.17) is 0 Å². The van der Waals surface area contributed by atoms with Crippen LogP contribution in [0.3, 0.4) is 0 Å². The molecule has 0 aliphatic carbocycles. The largest absolute Gasteiger partial charge is 0.0617 e. The predicted molar refractivity (Wildman–Crippen MR) is 74.6 cm³/mol. The molecule has 0 heteroatoms. The van der Waals surface area contributed by atoms with E-state index in [1.54, 1.807) is 0 Å². The maximum atomic E-state index is 2.30. The van der Waals surface area contributed by atoms with Gasteiger partial charge in [-0.05, 0) is 67.5 Å². The van der Waals surface area contributed by atoms with Crippen LogP contribution in [0.1, 0.15) is 33.4 Å². The zero-order valence-corrected chi connectivity index (χ0v) is 11.2. The van der Waals surface area contributed by atoms with E-state index in [0.717, 1.165) is 6.42 Å². The molecule has 0 N–H and O–H groups in total. The Morgan fingerprint density at radius 1 is 0.765 bits per heavy atom. The number of rotatable bonds is 2. The first kappa shape index (κ1) is 11.9. The highest BCUT2D eigenvalue weighted by molar-refractivity contribution is 5.38. The van der Waals surface area contributed by atoms with Gasteiger partial charge in [0.1, 0.15) is 0 Å². The second-order valence-corrected chi connectivity index (χ2v) is 4.95. The summed E-state index contributed by atoms with van der Waals surface area (Å²) in [4.78, 5) is 0. The first-order valence-corrected chi connectivity index (χ1v) is 6.19. The number of benzene rings is 2. The summed E-state index contributed by atoms with van der Waals surface area (Å²) in [6.07, 6.45) is 1.04. The molecule has 0 fully saturated rings. The van der Waals surface area contributed by atoms with Crippen molar-refractivity contribution in [1.29, 1.82) is 0 Å². The fraction of sp³-hybridized carbons (Fsp3) is 0.294. The molecule has 0 amide bonds. The molecule has 0 saturated heterocycles. The second-order valence-electron chi connectivity index (χ2n) is 4.95. The normalized spacial score (nSPS) is 10.6. The zero-order valence-electron chi connectivity index (χ0n) is 11.2. The molecule has 17 heavy (non-hydrogen) atoms. The van der Waals surface area contributed by atoms with Crippen molar-refractivity contribution >= 4 is 0 Å². The van der Waals surface area contributed by atoms with Crippen LogP contribution in [0.4, 0.5) is 0 Å². The van der Waals surface area contributed by atoms with Gasteiger partial charge >= 0.3 is 0 Å². The highest BCUT2D eigenvalue weighted by Crippen LogP contribution is 2.18. The maximum Gasteiger partial charge on any atom is -0.00229 e. The van der Waals surface area contributed by atoms with Crippen LogP contribution in [-0.4, -0.2) is 0 Å². The first-order chi connectivity index (χ1) is 8.08. The van der Waals surface area contributed by atoms with Crippen LogP contribution in [0.15, 0.2) is 36.4 Å². The molecule has 2 aromatic carbocycles. The van der Waals surface area contributed by atoms with Crippen molar-refractivity contribution in [3.05, 3.63) is 69.8 Å². The monoisotopic (exact) mass is 224 g/mol. The van der Waals surface area contributed by atoms with Crippen molar-refractivity contribution in [2.45, 2.75) is 34.1 Å². The first-order valence-electron chi connectivity index (χ1n) is 6.19. The molecule has 0 nitrogen and oxygen atoms in total. The van der Waals surface area contributed by atoms with Gasteiger partial charge in [0, 0.05) is 0 Å². The Bertz CT molecular complexity index is 536. The summed E-state index contributed by atoms with van der Waals surface area (Å²) in [5.74, 6) is 0. The van der Waals surface area contributed by atoms with Gasteiger partial charge in [-0.3, -0.25) is 0 Å². The third-order valence-corrected chi connectivity index (χ3v) is 3.68. The van der Waals surface area contributed by atoms with Gasteiger partial charge < -0.3 is 0 Å². The molecule has 0 aliphatic rings. The lowest BCUT2D eigenvalue weighted by atomic mass is 9.96. The van der Waals surface area contributed by atoms with E-state index in [1.807, 2.05) is 0 Å². The fourth-order valence-electron chi connectivity index (χ4n) is 2.14. The molecular formula is C17H20. The third-order valence-electron chi connectivity index (χ3n) is 3.68. The minimum atomic E-state index is 1.04. The van der Waals surface area contributed by atoms with E-state index < -0.39 is 0 Å². The minimum absolute atomic E-state index is 1.04. The Balaban J connectivity index is 2.31. The third kappa shape index (κ3) is 2.58. The van der Waals surface area contributed by atoms with Crippen LogP contribution in [0, 0.1) is 27.7 Å². The van der Waals surface area contributed by atoms with Crippen molar-refractivity contribution in [2.24, 2.45) is 0 Å². The standard InChI is InChI=1S/C17H20/c1-12-8-9-16(10-14(12)3)11-17-7-5-6-13(2)15(17)4/h5-10H,11H2,1-4H3. The molecule has 0 saturated carbocycles. The summed E-state index contributed by atoms with van der Waals surface area (Å²) in [6, 6.07) is 13.3. The van der Waals surface area contributed by atoms with Crippen molar-refractivity contribution in [3.63, 3.8) is 0 Å². The van der Waals surface area contributed by atoms with Crippen molar-refractivity contribution in [2.75, 3.05) is 0 Å². The second kappa shape index (κ2) is 4.75. The highest BCUT2D eigenvalue weighted by Gasteiger charge is 2.03.